The van der Waals surface area contributed by atoms with Gasteiger partial charge in [-0.1, -0.05) is 43.3 Å². The number of anilines is 3. The summed E-state index contributed by atoms with van der Waals surface area (Å²) in [7, 11) is 0. The molecule has 1 aliphatic heterocycles. The molecule has 0 radical (unpaired) electrons. The smallest absolute Gasteiger partial charge is 0.251 e. The average Bonchev–Trinajstić information content (AvgIpc) is 2.99. The highest BCUT2D eigenvalue weighted by atomic mass is 16.1. The second-order valence-electron chi connectivity index (χ2n) is 5.80. The highest BCUT2D eigenvalue weighted by molar-refractivity contribution is 6.05. The van der Waals surface area contributed by atoms with Crippen molar-refractivity contribution in [1.29, 1.82) is 0 Å². The van der Waals surface area contributed by atoms with Gasteiger partial charge in [-0.05, 0) is 43.5 Å². The normalized spacial score (nSPS) is 13.8. The molecule has 0 unspecified atom stereocenters. The van der Waals surface area contributed by atoms with E-state index in [1.54, 1.807) is 0 Å². The predicted molar refractivity (Wildman–Crippen MR) is 96.3 cm³/mol. The van der Waals surface area contributed by atoms with Crippen LogP contribution in [0.3, 0.4) is 0 Å². The zero-order chi connectivity index (χ0) is 16.2. The molecule has 118 valence electrons. The van der Waals surface area contributed by atoms with Crippen molar-refractivity contribution >= 4 is 23.0 Å². The van der Waals surface area contributed by atoms with Crippen LogP contribution in [0.15, 0.2) is 60.2 Å². The Morgan fingerprint density at radius 1 is 1.13 bits per heavy atom. The number of carbonyl (C=O) groups is 1. The zero-order valence-electron chi connectivity index (χ0n) is 13.7. The lowest BCUT2D eigenvalue weighted by molar-refractivity contribution is -0.112. The number of nitrogens with zero attached hydrogens (tertiary/aromatic N) is 1. The zero-order valence-corrected chi connectivity index (χ0v) is 13.7. The molecule has 1 N–H and O–H groups in total. The maximum atomic E-state index is 12.3. The summed E-state index contributed by atoms with van der Waals surface area (Å²) >= 11 is 0. The summed E-state index contributed by atoms with van der Waals surface area (Å²) in [5.74, 6) is -0.0354. The van der Waals surface area contributed by atoms with Crippen LogP contribution in [-0.2, 0) is 11.2 Å². The first-order valence-electron chi connectivity index (χ1n) is 8.13. The Labute approximate surface area is 137 Å². The summed E-state index contributed by atoms with van der Waals surface area (Å²) in [6.07, 6.45) is 3.84. The maximum Gasteiger partial charge on any atom is 0.251 e. The van der Waals surface area contributed by atoms with Crippen molar-refractivity contribution in [3.05, 3.63) is 65.7 Å². The molecule has 0 saturated heterocycles. The van der Waals surface area contributed by atoms with E-state index in [2.05, 4.69) is 40.5 Å². The quantitative estimate of drug-likeness (QED) is 0.832. The van der Waals surface area contributed by atoms with Crippen LogP contribution in [-0.4, -0.2) is 12.5 Å². The van der Waals surface area contributed by atoms with Gasteiger partial charge in [0.05, 0.1) is 11.4 Å². The van der Waals surface area contributed by atoms with Crippen LogP contribution in [0.4, 0.5) is 17.1 Å². The van der Waals surface area contributed by atoms with Gasteiger partial charge < -0.3 is 10.2 Å². The van der Waals surface area contributed by atoms with Crippen LogP contribution in [0.2, 0.25) is 0 Å². The molecule has 1 amide bonds. The molecule has 0 fully saturated rings. The Hall–Kier alpha value is -2.55. The first kappa shape index (κ1) is 15.3. The topological polar surface area (TPSA) is 32.3 Å². The number of carbonyl (C=O) groups excluding carboxylic acids is 1. The summed E-state index contributed by atoms with van der Waals surface area (Å²) in [6, 6.07) is 16.5. The Balaban J connectivity index is 1.91. The number of para-hydroxylation sites is 3. The van der Waals surface area contributed by atoms with Crippen LogP contribution >= 0.6 is 0 Å². The van der Waals surface area contributed by atoms with Crippen LogP contribution < -0.4 is 10.2 Å². The van der Waals surface area contributed by atoms with Crippen molar-refractivity contribution in [2.75, 3.05) is 16.8 Å². The van der Waals surface area contributed by atoms with Gasteiger partial charge in [0, 0.05) is 17.8 Å². The van der Waals surface area contributed by atoms with Gasteiger partial charge in [-0.3, -0.25) is 4.79 Å². The lowest BCUT2D eigenvalue weighted by Crippen LogP contribution is -2.18. The highest BCUT2D eigenvalue weighted by Gasteiger charge is 2.22. The Bertz CT molecular complexity index is 749. The van der Waals surface area contributed by atoms with E-state index in [0.29, 0.717) is 0 Å². The molecule has 2 aromatic carbocycles. The van der Waals surface area contributed by atoms with Crippen molar-refractivity contribution in [3.8, 4) is 0 Å². The van der Waals surface area contributed by atoms with Crippen molar-refractivity contribution in [2.24, 2.45) is 0 Å². The summed E-state index contributed by atoms with van der Waals surface area (Å²) in [5.41, 5.74) is 5.25. The van der Waals surface area contributed by atoms with E-state index in [-0.39, 0.29) is 5.91 Å². The van der Waals surface area contributed by atoms with Crippen molar-refractivity contribution in [2.45, 2.75) is 26.7 Å². The van der Waals surface area contributed by atoms with Gasteiger partial charge in [-0.15, -0.1) is 0 Å². The number of fused-ring (bicyclic) bond motifs is 1. The molecule has 3 rings (SSSR count). The largest absolute Gasteiger partial charge is 0.339 e. The first-order chi connectivity index (χ1) is 11.2. The minimum absolute atomic E-state index is 0.0354. The number of amides is 1. The van der Waals surface area contributed by atoms with Crippen molar-refractivity contribution in [3.63, 3.8) is 0 Å². The lowest BCUT2D eigenvalue weighted by Gasteiger charge is -2.23. The van der Waals surface area contributed by atoms with E-state index in [0.717, 1.165) is 36.3 Å². The monoisotopic (exact) mass is 306 g/mol. The Morgan fingerprint density at radius 2 is 1.83 bits per heavy atom. The molecule has 3 heteroatoms. The summed E-state index contributed by atoms with van der Waals surface area (Å²) in [5, 5.41) is 3.05. The summed E-state index contributed by atoms with van der Waals surface area (Å²) < 4.78 is 0. The second kappa shape index (κ2) is 6.69. The Kier molecular flexibility index (Phi) is 4.47. The number of rotatable bonds is 4. The van der Waals surface area contributed by atoms with Gasteiger partial charge in [0.15, 0.2) is 0 Å². The van der Waals surface area contributed by atoms with Crippen LogP contribution in [0, 0.1) is 0 Å². The van der Waals surface area contributed by atoms with Crippen LogP contribution in [0.25, 0.3) is 0 Å². The van der Waals surface area contributed by atoms with E-state index in [1.165, 1.54) is 11.3 Å². The SMILES string of the molecule is CCC=C(C)C(=O)Nc1ccccc1N1CCc2ccccc21. The molecular weight excluding hydrogens is 284 g/mol. The van der Waals surface area contributed by atoms with E-state index in [1.807, 2.05) is 38.1 Å². The molecule has 0 aliphatic carbocycles. The molecule has 0 aromatic heterocycles. The predicted octanol–water partition coefficient (Wildman–Crippen LogP) is 4.68. The molecule has 0 spiro atoms. The van der Waals surface area contributed by atoms with E-state index in [9.17, 15) is 4.79 Å². The van der Waals surface area contributed by atoms with E-state index >= 15 is 0 Å². The van der Waals surface area contributed by atoms with Crippen LogP contribution in [0.5, 0.6) is 0 Å². The van der Waals surface area contributed by atoms with Gasteiger partial charge in [-0.2, -0.15) is 0 Å². The third kappa shape index (κ3) is 3.14. The Morgan fingerprint density at radius 3 is 2.61 bits per heavy atom. The highest BCUT2D eigenvalue weighted by Crippen LogP contribution is 2.38. The standard InChI is InChI=1S/C20H22N2O/c1-3-8-15(2)20(23)21-17-10-5-7-12-19(17)22-14-13-16-9-4-6-11-18(16)22/h4-12H,3,13-14H2,1-2H3,(H,21,23). The number of allylic oxidation sites excluding steroid dienone is 1. The summed E-state index contributed by atoms with van der Waals surface area (Å²) in [4.78, 5) is 14.6. The maximum absolute atomic E-state index is 12.3. The molecule has 23 heavy (non-hydrogen) atoms. The lowest BCUT2D eigenvalue weighted by atomic mass is 10.1. The molecule has 2 aromatic rings. The molecule has 1 heterocycles. The number of benzene rings is 2. The van der Waals surface area contributed by atoms with Gasteiger partial charge in [0.1, 0.15) is 0 Å². The summed E-state index contributed by atoms with van der Waals surface area (Å²) in [6.45, 7) is 4.83. The van der Waals surface area contributed by atoms with Crippen molar-refractivity contribution < 1.29 is 4.79 Å². The van der Waals surface area contributed by atoms with E-state index < -0.39 is 0 Å². The van der Waals surface area contributed by atoms with Crippen LogP contribution in [0.1, 0.15) is 25.8 Å². The number of nitrogens with one attached hydrogen (secondary N) is 1. The van der Waals surface area contributed by atoms with E-state index in [4.69, 9.17) is 0 Å². The minimum atomic E-state index is -0.0354. The molecule has 1 aliphatic rings. The second-order valence-corrected chi connectivity index (χ2v) is 5.80. The molecule has 0 saturated carbocycles. The number of hydrogen-bond acceptors (Lipinski definition) is 2. The van der Waals surface area contributed by atoms with Gasteiger partial charge in [-0.25, -0.2) is 0 Å². The van der Waals surface area contributed by atoms with Gasteiger partial charge in [0.25, 0.3) is 5.91 Å². The fraction of sp³-hybridized carbons (Fsp3) is 0.250. The van der Waals surface area contributed by atoms with Gasteiger partial charge in [0.2, 0.25) is 0 Å². The third-order valence-electron chi connectivity index (χ3n) is 4.20. The number of hydrogen-bond donors (Lipinski definition) is 1. The molecule has 3 nitrogen and oxygen atoms in total. The fourth-order valence-electron chi connectivity index (χ4n) is 3.02. The third-order valence-corrected chi connectivity index (χ3v) is 4.20. The fourth-order valence-corrected chi connectivity index (χ4v) is 3.02. The molecule has 0 bridgehead atoms. The first-order valence-corrected chi connectivity index (χ1v) is 8.13. The van der Waals surface area contributed by atoms with Crippen molar-refractivity contribution in [1.82, 2.24) is 0 Å². The van der Waals surface area contributed by atoms with Gasteiger partial charge >= 0.3 is 0 Å². The molecular formula is C20H22N2O. The average molecular weight is 306 g/mol. The minimum Gasteiger partial charge on any atom is -0.339 e. The molecule has 0 atom stereocenters.